The first-order valence-electron chi connectivity index (χ1n) is 7.94. The molecule has 26 heavy (non-hydrogen) atoms. The van der Waals surface area contributed by atoms with Gasteiger partial charge in [-0.25, -0.2) is 0 Å². The average Bonchev–Trinajstić information content (AvgIpc) is 3.32. The first-order chi connectivity index (χ1) is 12.7. The maximum atomic E-state index is 12.4. The van der Waals surface area contributed by atoms with Crippen LogP contribution in [0.1, 0.15) is 5.56 Å². The summed E-state index contributed by atoms with van der Waals surface area (Å²) in [5.41, 5.74) is 2.92. The maximum Gasteiger partial charge on any atom is 0.228 e. The molecule has 2 aromatic carbocycles. The number of anilines is 1. The number of methoxy groups -OCH3 is 1. The van der Waals surface area contributed by atoms with Gasteiger partial charge in [0.15, 0.2) is 0 Å². The highest BCUT2D eigenvalue weighted by Gasteiger charge is 2.12. The van der Waals surface area contributed by atoms with Crippen molar-refractivity contribution in [3.05, 3.63) is 60.7 Å². The van der Waals surface area contributed by atoms with Gasteiger partial charge in [0, 0.05) is 28.3 Å². The van der Waals surface area contributed by atoms with E-state index >= 15 is 0 Å². The van der Waals surface area contributed by atoms with Crippen molar-refractivity contribution in [2.75, 3.05) is 12.4 Å². The summed E-state index contributed by atoms with van der Waals surface area (Å²) < 4.78 is 15.5. The van der Waals surface area contributed by atoms with Crippen molar-refractivity contribution in [2.45, 2.75) is 6.42 Å². The van der Waals surface area contributed by atoms with Crippen molar-refractivity contribution in [3.63, 3.8) is 0 Å². The molecule has 4 aromatic rings. The second-order valence-electron chi connectivity index (χ2n) is 5.68. The standard InChI is InChI=1S/C19H15N3O4/c1-24-15-5-6-16-13(10-25-17(16)9-15)8-18(23)21-14-4-2-3-12(7-14)19-20-11-26-22-19/h2-7,9-11H,8H2,1H3,(H,21,23). The summed E-state index contributed by atoms with van der Waals surface area (Å²) >= 11 is 0. The number of nitrogens with zero attached hydrogens (tertiary/aromatic N) is 2. The van der Waals surface area contributed by atoms with Gasteiger partial charge in [-0.1, -0.05) is 17.3 Å². The first kappa shape index (κ1) is 15.9. The van der Waals surface area contributed by atoms with Gasteiger partial charge in [0.1, 0.15) is 11.3 Å². The molecular formula is C19H15N3O4. The van der Waals surface area contributed by atoms with Gasteiger partial charge in [0.2, 0.25) is 18.1 Å². The highest BCUT2D eigenvalue weighted by molar-refractivity contribution is 5.95. The van der Waals surface area contributed by atoms with E-state index in [-0.39, 0.29) is 12.3 Å². The van der Waals surface area contributed by atoms with Gasteiger partial charge in [0.25, 0.3) is 0 Å². The van der Waals surface area contributed by atoms with E-state index in [4.69, 9.17) is 13.7 Å². The summed E-state index contributed by atoms with van der Waals surface area (Å²) in [5.74, 6) is 1.03. The number of carbonyl (C=O) groups excluding carboxylic acids is 1. The fourth-order valence-electron chi connectivity index (χ4n) is 2.74. The number of ether oxygens (including phenoxy) is 1. The molecule has 0 fully saturated rings. The third kappa shape index (κ3) is 3.14. The maximum absolute atomic E-state index is 12.4. The third-order valence-electron chi connectivity index (χ3n) is 3.98. The molecule has 0 radical (unpaired) electrons. The van der Waals surface area contributed by atoms with E-state index in [0.29, 0.717) is 22.8 Å². The fourth-order valence-corrected chi connectivity index (χ4v) is 2.74. The number of furan rings is 1. The van der Waals surface area contributed by atoms with Crippen molar-refractivity contribution < 1.29 is 18.5 Å². The minimum Gasteiger partial charge on any atom is -0.497 e. The van der Waals surface area contributed by atoms with E-state index < -0.39 is 0 Å². The number of fused-ring (bicyclic) bond motifs is 1. The van der Waals surface area contributed by atoms with E-state index in [0.717, 1.165) is 16.5 Å². The topological polar surface area (TPSA) is 90.4 Å². The zero-order valence-corrected chi connectivity index (χ0v) is 13.9. The van der Waals surface area contributed by atoms with Crippen LogP contribution in [-0.4, -0.2) is 23.2 Å². The van der Waals surface area contributed by atoms with Gasteiger partial charge < -0.3 is 19.0 Å². The van der Waals surface area contributed by atoms with Gasteiger partial charge in [-0.2, -0.15) is 4.98 Å². The van der Waals surface area contributed by atoms with Crippen LogP contribution >= 0.6 is 0 Å². The van der Waals surface area contributed by atoms with Crippen LogP contribution in [0.15, 0.2) is 64.1 Å². The number of carbonyl (C=O) groups is 1. The Morgan fingerprint density at radius 3 is 2.96 bits per heavy atom. The van der Waals surface area contributed by atoms with Crippen LogP contribution in [0.4, 0.5) is 5.69 Å². The zero-order valence-electron chi connectivity index (χ0n) is 13.9. The average molecular weight is 349 g/mol. The van der Waals surface area contributed by atoms with Gasteiger partial charge in [-0.15, -0.1) is 0 Å². The van der Waals surface area contributed by atoms with Gasteiger partial charge >= 0.3 is 0 Å². The molecule has 0 spiro atoms. The summed E-state index contributed by atoms with van der Waals surface area (Å²) in [4.78, 5) is 16.4. The molecule has 0 unspecified atom stereocenters. The lowest BCUT2D eigenvalue weighted by Gasteiger charge is -2.06. The number of benzene rings is 2. The molecule has 0 saturated carbocycles. The first-order valence-corrected chi connectivity index (χ1v) is 7.94. The molecule has 0 saturated heterocycles. The van der Waals surface area contributed by atoms with Crippen LogP contribution in [-0.2, 0) is 11.2 Å². The number of nitrogens with one attached hydrogen (secondary N) is 1. The van der Waals surface area contributed by atoms with Gasteiger partial charge in [0.05, 0.1) is 19.8 Å². The molecular weight excluding hydrogens is 334 g/mol. The van der Waals surface area contributed by atoms with Crippen molar-refractivity contribution >= 4 is 22.6 Å². The predicted molar refractivity (Wildman–Crippen MR) is 94.8 cm³/mol. The lowest BCUT2D eigenvalue weighted by Crippen LogP contribution is -2.14. The summed E-state index contributed by atoms with van der Waals surface area (Å²) in [7, 11) is 1.60. The Kier molecular flexibility index (Phi) is 4.10. The highest BCUT2D eigenvalue weighted by atomic mass is 16.5. The molecule has 4 rings (SSSR count). The highest BCUT2D eigenvalue weighted by Crippen LogP contribution is 2.26. The van der Waals surface area contributed by atoms with Crippen LogP contribution in [0.2, 0.25) is 0 Å². The molecule has 2 aromatic heterocycles. The van der Waals surface area contributed by atoms with Crippen LogP contribution < -0.4 is 10.1 Å². The monoisotopic (exact) mass is 349 g/mol. The Morgan fingerprint density at radius 2 is 2.15 bits per heavy atom. The van der Waals surface area contributed by atoms with E-state index in [1.165, 1.54) is 6.39 Å². The summed E-state index contributed by atoms with van der Waals surface area (Å²) in [6, 6.07) is 12.8. The summed E-state index contributed by atoms with van der Waals surface area (Å²) in [6.45, 7) is 0. The van der Waals surface area contributed by atoms with Crippen LogP contribution in [0.3, 0.4) is 0 Å². The van der Waals surface area contributed by atoms with E-state index in [2.05, 4.69) is 15.5 Å². The van der Waals surface area contributed by atoms with Crippen LogP contribution in [0, 0.1) is 0 Å². The van der Waals surface area contributed by atoms with E-state index in [1.54, 1.807) is 31.6 Å². The molecule has 0 bridgehead atoms. The molecule has 0 aliphatic carbocycles. The fraction of sp³-hybridized carbons (Fsp3) is 0.105. The van der Waals surface area contributed by atoms with Crippen molar-refractivity contribution in [1.29, 1.82) is 0 Å². The Bertz CT molecular complexity index is 1050. The molecule has 0 atom stereocenters. The van der Waals surface area contributed by atoms with Gasteiger partial charge in [-0.05, 0) is 24.3 Å². The van der Waals surface area contributed by atoms with Crippen LogP contribution in [0.5, 0.6) is 5.75 Å². The predicted octanol–water partition coefficient (Wildman–Crippen LogP) is 3.67. The Balaban J connectivity index is 1.50. The number of hydrogen-bond donors (Lipinski definition) is 1. The number of amides is 1. The second-order valence-corrected chi connectivity index (χ2v) is 5.68. The molecule has 0 aliphatic rings. The van der Waals surface area contributed by atoms with Crippen molar-refractivity contribution in [1.82, 2.24) is 10.1 Å². The molecule has 7 heteroatoms. The van der Waals surface area contributed by atoms with Crippen molar-refractivity contribution in [2.24, 2.45) is 0 Å². The number of hydrogen-bond acceptors (Lipinski definition) is 6. The Labute approximate surface area is 148 Å². The van der Waals surface area contributed by atoms with Crippen LogP contribution in [0.25, 0.3) is 22.4 Å². The smallest absolute Gasteiger partial charge is 0.228 e. The van der Waals surface area contributed by atoms with Gasteiger partial charge in [-0.3, -0.25) is 4.79 Å². The minimum atomic E-state index is -0.145. The lowest BCUT2D eigenvalue weighted by molar-refractivity contribution is -0.115. The number of aromatic nitrogens is 2. The quantitative estimate of drug-likeness (QED) is 0.591. The molecule has 0 aliphatic heterocycles. The van der Waals surface area contributed by atoms with E-state index in [1.807, 2.05) is 24.3 Å². The lowest BCUT2D eigenvalue weighted by atomic mass is 10.1. The molecule has 1 N–H and O–H groups in total. The number of rotatable bonds is 5. The van der Waals surface area contributed by atoms with E-state index in [9.17, 15) is 4.79 Å². The zero-order chi connectivity index (χ0) is 17.9. The second kappa shape index (κ2) is 6.72. The SMILES string of the molecule is COc1ccc2c(CC(=O)Nc3cccc(-c4ncon4)c3)coc2c1. The Morgan fingerprint density at radius 1 is 1.23 bits per heavy atom. The molecule has 2 heterocycles. The van der Waals surface area contributed by atoms with Crippen molar-refractivity contribution in [3.8, 4) is 17.1 Å². The summed E-state index contributed by atoms with van der Waals surface area (Å²) in [5, 5.41) is 7.56. The molecule has 1 amide bonds. The summed E-state index contributed by atoms with van der Waals surface area (Å²) in [6.07, 6.45) is 3.06. The Hall–Kier alpha value is -3.61. The normalized spacial score (nSPS) is 10.8. The molecule has 130 valence electrons. The molecule has 7 nitrogen and oxygen atoms in total. The third-order valence-corrected chi connectivity index (χ3v) is 3.98. The minimum absolute atomic E-state index is 0.145. The largest absolute Gasteiger partial charge is 0.497 e.